The molecule has 10 atom stereocenters. The molecule has 4 heterocycles. The summed E-state index contributed by atoms with van der Waals surface area (Å²) >= 11 is 0. The average Bonchev–Trinajstić information content (AvgIpc) is 2.60. The molecule has 4 nitrogen and oxygen atoms in total. The van der Waals surface area contributed by atoms with Gasteiger partial charge in [-0.15, -0.1) is 0 Å². The molecule has 0 aromatic carbocycles. The molecule has 0 aromatic heterocycles. The van der Waals surface area contributed by atoms with Gasteiger partial charge in [0, 0.05) is 23.7 Å². The molecule has 2 saturated carbocycles. The van der Waals surface area contributed by atoms with Gasteiger partial charge in [-0.25, -0.2) is 0 Å². The van der Waals surface area contributed by atoms with E-state index in [1.807, 2.05) is 0 Å². The van der Waals surface area contributed by atoms with Crippen molar-refractivity contribution in [2.24, 2.45) is 35.5 Å². The summed E-state index contributed by atoms with van der Waals surface area (Å²) in [5.74, 6) is 4.20. The van der Waals surface area contributed by atoms with Crippen LogP contribution in [0.4, 0.5) is 0 Å². The number of hydrogen-bond acceptors (Lipinski definition) is 4. The third kappa shape index (κ3) is 0.389. The minimum atomic E-state index is -0.0208. The summed E-state index contributed by atoms with van der Waals surface area (Å²) in [6.07, 6.45) is -0.0833. The summed E-state index contributed by atoms with van der Waals surface area (Å²) in [7, 11) is 0. The Kier molecular flexibility index (Phi) is 0.722. The maximum Gasteiger partial charge on any atom is 0.167 e. The van der Waals surface area contributed by atoms with Crippen molar-refractivity contribution in [3.8, 4) is 0 Å². The van der Waals surface area contributed by atoms with Crippen molar-refractivity contribution in [3.05, 3.63) is 0 Å². The van der Waals surface area contributed by atoms with Crippen LogP contribution in [0.15, 0.2) is 0 Å². The van der Waals surface area contributed by atoms with Crippen molar-refractivity contribution < 1.29 is 18.9 Å². The van der Waals surface area contributed by atoms with E-state index in [0.29, 0.717) is 23.7 Å². The minimum absolute atomic E-state index is 0.0208. The van der Waals surface area contributed by atoms with Crippen molar-refractivity contribution in [1.82, 2.24) is 0 Å². The van der Waals surface area contributed by atoms with E-state index in [1.165, 1.54) is 0 Å². The van der Waals surface area contributed by atoms with Gasteiger partial charge in [-0.05, 0) is 11.8 Å². The van der Waals surface area contributed by atoms with Gasteiger partial charge in [-0.3, -0.25) is 0 Å². The zero-order valence-electron chi connectivity index (χ0n) is 7.41. The highest BCUT2D eigenvalue weighted by Gasteiger charge is 2.83. The summed E-state index contributed by atoms with van der Waals surface area (Å²) < 4.78 is 23.2. The lowest BCUT2D eigenvalue weighted by molar-refractivity contribution is -0.353. The summed E-state index contributed by atoms with van der Waals surface area (Å²) in [6.45, 7) is 0. The third-order valence-corrected chi connectivity index (χ3v) is 5.44. The fourth-order valence-corrected chi connectivity index (χ4v) is 5.11. The van der Waals surface area contributed by atoms with Crippen molar-refractivity contribution in [2.75, 3.05) is 0 Å². The smallest absolute Gasteiger partial charge is 0.167 e. The summed E-state index contributed by atoms with van der Waals surface area (Å²) in [4.78, 5) is 0. The molecule has 14 heavy (non-hydrogen) atoms. The van der Waals surface area contributed by atoms with Gasteiger partial charge in [0.1, 0.15) is 0 Å². The second-order valence-corrected chi connectivity index (χ2v) is 5.48. The predicted molar refractivity (Wildman–Crippen MR) is 40.4 cm³/mol. The predicted octanol–water partition coefficient (Wildman–Crippen LogP) is 0.136. The molecule has 4 saturated heterocycles. The first-order valence-corrected chi connectivity index (χ1v) is 5.55. The van der Waals surface area contributed by atoms with Crippen LogP contribution in [0.2, 0.25) is 0 Å². The Balaban J connectivity index is 1.66. The fraction of sp³-hybridized carbons (Fsp3) is 1.00. The Bertz CT molecular complexity index is 296. The SMILES string of the molecule is O1[C@H]2O[C@H]3O[C@H]4O[C@@H]1[C@@H]1C5C([C@H]21)[C@@H]3[C@@H]54. The van der Waals surface area contributed by atoms with Crippen LogP contribution in [0, 0.1) is 35.5 Å². The van der Waals surface area contributed by atoms with Gasteiger partial charge in [0.15, 0.2) is 25.2 Å². The quantitative estimate of drug-likeness (QED) is 0.549. The average molecular weight is 194 g/mol. The molecule has 0 spiro atoms. The second-order valence-electron chi connectivity index (χ2n) is 5.48. The van der Waals surface area contributed by atoms with Crippen LogP contribution in [-0.4, -0.2) is 25.2 Å². The molecule has 6 aliphatic rings. The van der Waals surface area contributed by atoms with Crippen molar-refractivity contribution in [2.45, 2.75) is 25.2 Å². The van der Waals surface area contributed by atoms with Crippen LogP contribution in [0.3, 0.4) is 0 Å². The maximum absolute atomic E-state index is 5.83. The van der Waals surface area contributed by atoms with Crippen LogP contribution < -0.4 is 0 Å². The molecule has 0 amide bonds. The van der Waals surface area contributed by atoms with E-state index in [1.54, 1.807) is 0 Å². The molecule has 0 bridgehead atoms. The first-order chi connectivity index (χ1) is 6.93. The normalized spacial score (nSPS) is 84.0. The van der Waals surface area contributed by atoms with Crippen LogP contribution in [0.1, 0.15) is 0 Å². The lowest BCUT2D eigenvalue weighted by Crippen LogP contribution is -2.72. The van der Waals surface area contributed by atoms with E-state index < -0.39 is 0 Å². The molecule has 0 aromatic rings. The van der Waals surface area contributed by atoms with E-state index in [0.717, 1.165) is 11.8 Å². The lowest BCUT2D eigenvalue weighted by Gasteiger charge is -2.68. The fourth-order valence-electron chi connectivity index (χ4n) is 5.11. The second kappa shape index (κ2) is 1.57. The summed E-state index contributed by atoms with van der Waals surface area (Å²) in [5, 5.41) is 0. The molecule has 6 fully saturated rings. The Morgan fingerprint density at radius 3 is 0.929 bits per heavy atom. The number of ether oxygens (including phenoxy) is 4. The minimum Gasteiger partial charge on any atom is -0.323 e. The van der Waals surface area contributed by atoms with Crippen LogP contribution >= 0.6 is 0 Å². The summed E-state index contributed by atoms with van der Waals surface area (Å²) in [6, 6.07) is 0. The molecular weight excluding hydrogens is 184 g/mol. The van der Waals surface area contributed by atoms with Gasteiger partial charge in [0.2, 0.25) is 0 Å². The van der Waals surface area contributed by atoms with Crippen molar-refractivity contribution >= 4 is 0 Å². The monoisotopic (exact) mass is 194 g/mol. The lowest BCUT2D eigenvalue weighted by atomic mass is 9.37. The van der Waals surface area contributed by atoms with Crippen molar-refractivity contribution in [1.29, 1.82) is 0 Å². The molecule has 2 unspecified atom stereocenters. The highest BCUT2D eigenvalue weighted by atomic mass is 16.9. The Morgan fingerprint density at radius 2 is 0.643 bits per heavy atom. The Hall–Kier alpha value is -0.160. The van der Waals surface area contributed by atoms with Crippen LogP contribution in [0.25, 0.3) is 0 Å². The van der Waals surface area contributed by atoms with Gasteiger partial charge in [-0.2, -0.15) is 0 Å². The number of rotatable bonds is 0. The topological polar surface area (TPSA) is 36.9 Å². The zero-order chi connectivity index (χ0) is 8.60. The van der Waals surface area contributed by atoms with E-state index in [2.05, 4.69) is 0 Å². The van der Waals surface area contributed by atoms with Crippen LogP contribution in [0.5, 0.6) is 0 Å². The highest BCUT2D eigenvalue weighted by molar-refractivity contribution is 5.22. The van der Waals surface area contributed by atoms with E-state index in [9.17, 15) is 0 Å². The van der Waals surface area contributed by atoms with E-state index >= 15 is 0 Å². The van der Waals surface area contributed by atoms with E-state index in [-0.39, 0.29) is 25.2 Å². The molecule has 4 heteroatoms. The Labute approximate surface area is 80.4 Å². The van der Waals surface area contributed by atoms with Gasteiger partial charge in [0.25, 0.3) is 0 Å². The van der Waals surface area contributed by atoms with Gasteiger partial charge in [0.05, 0.1) is 0 Å². The number of hydrogen-bond donors (Lipinski definition) is 0. The van der Waals surface area contributed by atoms with Crippen LogP contribution in [-0.2, 0) is 18.9 Å². The Morgan fingerprint density at radius 1 is 0.357 bits per heavy atom. The first kappa shape index (κ1) is 6.43. The molecule has 0 N–H and O–H groups in total. The van der Waals surface area contributed by atoms with E-state index in [4.69, 9.17) is 18.9 Å². The molecular formula is C10H10O4. The molecule has 2 aliphatic carbocycles. The zero-order valence-corrected chi connectivity index (χ0v) is 7.41. The largest absolute Gasteiger partial charge is 0.323 e. The van der Waals surface area contributed by atoms with Gasteiger partial charge in [-0.1, -0.05) is 0 Å². The van der Waals surface area contributed by atoms with Crippen molar-refractivity contribution in [3.63, 3.8) is 0 Å². The molecule has 6 rings (SSSR count). The highest BCUT2D eigenvalue weighted by Crippen LogP contribution is 2.78. The molecule has 0 radical (unpaired) electrons. The maximum atomic E-state index is 5.83. The van der Waals surface area contributed by atoms with Gasteiger partial charge >= 0.3 is 0 Å². The molecule has 74 valence electrons. The first-order valence-electron chi connectivity index (χ1n) is 5.55. The standard InChI is InChI=1S/C10H10O4/c11-7-3-1-2-5(3)9(13-7)12-10-6(2)4(1)8(11)14-10/h1-10H/t1?,2?,3-,4-,5-,6+,7-,8+,9+,10-/m1/s1. The third-order valence-electron chi connectivity index (χ3n) is 5.44. The summed E-state index contributed by atoms with van der Waals surface area (Å²) in [5.41, 5.74) is 0. The van der Waals surface area contributed by atoms with Gasteiger partial charge < -0.3 is 18.9 Å². The molecule has 4 aliphatic heterocycles.